The molecular formula is C25H24N4O7S. The van der Waals surface area contributed by atoms with Gasteiger partial charge in [-0.2, -0.15) is 0 Å². The summed E-state index contributed by atoms with van der Waals surface area (Å²) in [4.78, 5) is 59.9. The standard InChI is InChI=1S/C25H24N4O7S/c1-16-28-29-25(37-16)27-21(31)8-5-9-23(33)35-15-22(32)26-19-12-10-18(11-13-19)24(34)36-14-20(30)17-6-3-2-4-7-17/h2-4,6-7,10-13H,5,8-9,14-15H2,1H3,(H,26,32)(H,27,29,31). The van der Waals surface area contributed by atoms with Gasteiger partial charge in [0, 0.05) is 24.1 Å². The van der Waals surface area contributed by atoms with Crippen molar-refractivity contribution in [2.24, 2.45) is 0 Å². The van der Waals surface area contributed by atoms with Crippen LogP contribution < -0.4 is 10.6 Å². The molecule has 2 amide bonds. The summed E-state index contributed by atoms with van der Waals surface area (Å²) in [5.41, 5.74) is 1.02. The third-order valence-corrected chi connectivity index (χ3v) is 5.51. The summed E-state index contributed by atoms with van der Waals surface area (Å²) in [7, 11) is 0. The molecule has 1 heterocycles. The van der Waals surface area contributed by atoms with E-state index in [1.165, 1.54) is 35.6 Å². The lowest BCUT2D eigenvalue weighted by atomic mass is 10.1. The van der Waals surface area contributed by atoms with Crippen molar-refractivity contribution >= 4 is 51.7 Å². The van der Waals surface area contributed by atoms with Gasteiger partial charge in [0.05, 0.1) is 5.56 Å². The Labute approximate surface area is 216 Å². The lowest BCUT2D eigenvalue weighted by molar-refractivity contribution is -0.147. The largest absolute Gasteiger partial charge is 0.456 e. The van der Waals surface area contributed by atoms with Crippen molar-refractivity contribution in [2.45, 2.75) is 26.2 Å². The Morgan fingerprint density at radius 2 is 1.51 bits per heavy atom. The summed E-state index contributed by atoms with van der Waals surface area (Å²) in [6.45, 7) is 0.880. The number of anilines is 2. The molecule has 1 aromatic heterocycles. The van der Waals surface area contributed by atoms with Gasteiger partial charge in [0.1, 0.15) is 5.01 Å². The number of nitrogens with zero attached hydrogens (tertiary/aromatic N) is 2. The average molecular weight is 525 g/mol. The molecule has 3 rings (SSSR count). The number of rotatable bonds is 12. The molecule has 12 heteroatoms. The molecular weight excluding hydrogens is 500 g/mol. The van der Waals surface area contributed by atoms with Crippen molar-refractivity contribution in [1.29, 1.82) is 0 Å². The van der Waals surface area contributed by atoms with E-state index < -0.39 is 24.5 Å². The minimum Gasteiger partial charge on any atom is -0.456 e. The van der Waals surface area contributed by atoms with Crippen molar-refractivity contribution in [2.75, 3.05) is 23.8 Å². The van der Waals surface area contributed by atoms with Crippen LogP contribution in [0.15, 0.2) is 54.6 Å². The van der Waals surface area contributed by atoms with Gasteiger partial charge in [-0.05, 0) is 37.6 Å². The van der Waals surface area contributed by atoms with Gasteiger partial charge in [0.25, 0.3) is 5.91 Å². The summed E-state index contributed by atoms with van der Waals surface area (Å²) in [5, 5.41) is 13.8. The van der Waals surface area contributed by atoms with E-state index in [1.54, 1.807) is 37.3 Å². The molecule has 0 spiro atoms. The van der Waals surface area contributed by atoms with Crippen molar-refractivity contribution < 1.29 is 33.4 Å². The van der Waals surface area contributed by atoms with Crippen LogP contribution in [0.3, 0.4) is 0 Å². The number of hydrogen-bond acceptors (Lipinski definition) is 10. The van der Waals surface area contributed by atoms with Crippen LogP contribution in [0.5, 0.6) is 0 Å². The highest BCUT2D eigenvalue weighted by Crippen LogP contribution is 2.14. The summed E-state index contributed by atoms with van der Waals surface area (Å²) in [5.74, 6) is -2.47. The Morgan fingerprint density at radius 1 is 0.784 bits per heavy atom. The summed E-state index contributed by atoms with van der Waals surface area (Å²) < 4.78 is 9.97. The number of esters is 2. The highest BCUT2D eigenvalue weighted by atomic mass is 32.1. The van der Waals surface area contributed by atoms with Gasteiger partial charge in [-0.1, -0.05) is 41.7 Å². The SMILES string of the molecule is Cc1nnc(NC(=O)CCCC(=O)OCC(=O)Nc2ccc(C(=O)OCC(=O)c3ccccc3)cc2)s1. The van der Waals surface area contributed by atoms with Crippen LogP contribution in [-0.4, -0.2) is 52.9 Å². The number of benzene rings is 2. The molecule has 0 aliphatic carbocycles. The van der Waals surface area contributed by atoms with Gasteiger partial charge in [-0.3, -0.25) is 19.2 Å². The minimum absolute atomic E-state index is 0.0283. The van der Waals surface area contributed by atoms with Crippen LogP contribution in [0, 0.1) is 6.92 Å². The smallest absolute Gasteiger partial charge is 0.338 e. The van der Waals surface area contributed by atoms with Crippen LogP contribution in [0.1, 0.15) is 45.0 Å². The van der Waals surface area contributed by atoms with Gasteiger partial charge in [-0.25, -0.2) is 4.79 Å². The zero-order chi connectivity index (χ0) is 26.6. The molecule has 0 aliphatic heterocycles. The molecule has 0 radical (unpaired) electrons. The normalized spacial score (nSPS) is 10.3. The highest BCUT2D eigenvalue weighted by Gasteiger charge is 2.13. The number of ether oxygens (including phenoxy) is 2. The maximum absolute atomic E-state index is 12.2. The molecule has 0 bridgehead atoms. The molecule has 192 valence electrons. The topological polar surface area (TPSA) is 154 Å². The van der Waals surface area contributed by atoms with Crippen LogP contribution in [0.2, 0.25) is 0 Å². The molecule has 0 aliphatic rings. The average Bonchev–Trinajstić information content (AvgIpc) is 3.30. The lowest BCUT2D eigenvalue weighted by Gasteiger charge is -2.08. The number of carbonyl (C=O) groups is 5. The number of aryl methyl sites for hydroxylation is 1. The fourth-order valence-corrected chi connectivity index (χ4v) is 3.56. The van der Waals surface area contributed by atoms with Crippen molar-refractivity contribution in [3.63, 3.8) is 0 Å². The maximum Gasteiger partial charge on any atom is 0.338 e. The van der Waals surface area contributed by atoms with E-state index in [0.717, 1.165) is 5.01 Å². The number of nitrogens with one attached hydrogen (secondary N) is 2. The minimum atomic E-state index is -0.678. The van der Waals surface area contributed by atoms with Gasteiger partial charge < -0.3 is 20.1 Å². The summed E-state index contributed by atoms with van der Waals surface area (Å²) >= 11 is 1.25. The molecule has 0 unspecified atom stereocenters. The fourth-order valence-electron chi connectivity index (χ4n) is 2.95. The first kappa shape index (κ1) is 27.1. The molecule has 0 saturated carbocycles. The summed E-state index contributed by atoms with van der Waals surface area (Å²) in [6, 6.07) is 14.3. The molecule has 2 aromatic carbocycles. The predicted octanol–water partition coefficient (Wildman–Crippen LogP) is 3.18. The van der Waals surface area contributed by atoms with Crippen molar-refractivity contribution in [3.05, 3.63) is 70.7 Å². The first-order chi connectivity index (χ1) is 17.8. The maximum atomic E-state index is 12.2. The Balaban J connectivity index is 1.32. The van der Waals surface area contributed by atoms with E-state index >= 15 is 0 Å². The van der Waals surface area contributed by atoms with E-state index in [-0.39, 0.29) is 43.1 Å². The Hall–Kier alpha value is -4.45. The number of carbonyl (C=O) groups excluding carboxylic acids is 5. The number of amides is 2. The lowest BCUT2D eigenvalue weighted by Crippen LogP contribution is -2.21. The van der Waals surface area contributed by atoms with Crippen LogP contribution in [-0.2, 0) is 23.9 Å². The van der Waals surface area contributed by atoms with Crippen LogP contribution in [0.25, 0.3) is 0 Å². The summed E-state index contributed by atoms with van der Waals surface area (Å²) in [6.07, 6.45) is 0.313. The quantitative estimate of drug-likeness (QED) is 0.269. The van der Waals surface area contributed by atoms with Gasteiger partial charge in [0.15, 0.2) is 19.0 Å². The Morgan fingerprint density at radius 3 is 2.19 bits per heavy atom. The Bertz CT molecular complexity index is 1260. The second-order valence-electron chi connectivity index (χ2n) is 7.68. The molecule has 0 atom stereocenters. The van der Waals surface area contributed by atoms with E-state index in [9.17, 15) is 24.0 Å². The van der Waals surface area contributed by atoms with Crippen LogP contribution >= 0.6 is 11.3 Å². The first-order valence-corrected chi connectivity index (χ1v) is 12.0. The zero-order valence-corrected chi connectivity index (χ0v) is 20.7. The van der Waals surface area contributed by atoms with Gasteiger partial charge >= 0.3 is 11.9 Å². The number of hydrogen-bond donors (Lipinski definition) is 2. The molecule has 0 saturated heterocycles. The Kier molecular flexibility index (Phi) is 9.97. The third-order valence-electron chi connectivity index (χ3n) is 4.76. The van der Waals surface area contributed by atoms with Crippen molar-refractivity contribution in [3.8, 4) is 0 Å². The highest BCUT2D eigenvalue weighted by molar-refractivity contribution is 7.15. The van der Waals surface area contributed by atoms with E-state index in [0.29, 0.717) is 16.4 Å². The number of aromatic nitrogens is 2. The second kappa shape index (κ2) is 13.6. The third kappa shape index (κ3) is 9.26. The van der Waals surface area contributed by atoms with Gasteiger partial charge in [-0.15, -0.1) is 10.2 Å². The van der Waals surface area contributed by atoms with E-state index in [4.69, 9.17) is 9.47 Å². The predicted molar refractivity (Wildman–Crippen MR) is 134 cm³/mol. The first-order valence-electron chi connectivity index (χ1n) is 11.2. The molecule has 2 N–H and O–H groups in total. The monoisotopic (exact) mass is 524 g/mol. The molecule has 3 aromatic rings. The zero-order valence-electron chi connectivity index (χ0n) is 19.9. The van der Waals surface area contributed by atoms with Gasteiger partial charge in [0.2, 0.25) is 11.0 Å². The molecule has 37 heavy (non-hydrogen) atoms. The number of ketones is 1. The van der Waals surface area contributed by atoms with Crippen LogP contribution in [0.4, 0.5) is 10.8 Å². The molecule has 11 nitrogen and oxygen atoms in total. The number of Topliss-reactive ketones (excluding diaryl/α,β-unsaturated/α-hetero) is 1. The fraction of sp³-hybridized carbons (Fsp3) is 0.240. The second-order valence-corrected chi connectivity index (χ2v) is 8.86. The molecule has 0 fully saturated rings. The van der Waals surface area contributed by atoms with E-state index in [1.807, 2.05) is 0 Å². The van der Waals surface area contributed by atoms with E-state index in [2.05, 4.69) is 20.8 Å². The van der Waals surface area contributed by atoms with Crippen molar-refractivity contribution in [1.82, 2.24) is 10.2 Å².